The quantitative estimate of drug-likeness (QED) is 0.297. The number of imidazole rings is 1. The molecule has 1 aliphatic heterocycles. The molecule has 1 N–H and O–H groups in total. The smallest absolute Gasteiger partial charge is 0.142 e. The highest BCUT2D eigenvalue weighted by atomic mass is 16.6. The number of aliphatic hydroxyl groups is 1. The van der Waals surface area contributed by atoms with Crippen molar-refractivity contribution < 1.29 is 19.3 Å². The lowest BCUT2D eigenvalue weighted by atomic mass is 9.95. The minimum atomic E-state index is -0.989. The Bertz CT molecular complexity index is 1350. The van der Waals surface area contributed by atoms with E-state index >= 15 is 0 Å². The summed E-state index contributed by atoms with van der Waals surface area (Å²) >= 11 is 0. The van der Waals surface area contributed by atoms with Crippen LogP contribution in [0.25, 0.3) is 0 Å². The molecule has 4 aromatic rings. The molecule has 0 radical (unpaired) electrons. The summed E-state index contributed by atoms with van der Waals surface area (Å²) in [5.41, 5.74) is 3.75. The highest BCUT2D eigenvalue weighted by Gasteiger charge is 2.45. The first kappa shape index (κ1) is 25.9. The van der Waals surface area contributed by atoms with Crippen molar-refractivity contribution in [2.24, 2.45) is 0 Å². The molecule has 0 bridgehead atoms. The standard InChI is InChI=1S/C32H32N2O4/c1-2-12-27-19-34-28(23-36-20-24-13-6-3-7-14-24)30(37-21-25-15-8-4-9-16-25)31(29(35)32(34)33-27)38-22-26-17-10-5-11-18-26/h3-11,13-19,28-31,35H,20-23H2,1H3/t28?,29?,30-,31-/m1/s1. The van der Waals surface area contributed by atoms with Crippen molar-refractivity contribution >= 4 is 0 Å². The lowest BCUT2D eigenvalue weighted by Crippen LogP contribution is -2.49. The Kier molecular flexibility index (Phi) is 8.64. The molecule has 2 unspecified atom stereocenters. The molecule has 0 amide bonds. The van der Waals surface area contributed by atoms with Gasteiger partial charge in [-0.05, 0) is 29.5 Å². The zero-order valence-corrected chi connectivity index (χ0v) is 21.4. The van der Waals surface area contributed by atoms with Gasteiger partial charge in [0.1, 0.15) is 29.8 Å². The molecule has 3 aromatic carbocycles. The summed E-state index contributed by atoms with van der Waals surface area (Å²) in [6.07, 6.45) is -0.259. The van der Waals surface area contributed by atoms with Gasteiger partial charge in [-0.1, -0.05) is 96.9 Å². The second-order valence-electron chi connectivity index (χ2n) is 9.30. The molecule has 6 heteroatoms. The van der Waals surface area contributed by atoms with Gasteiger partial charge in [-0.2, -0.15) is 0 Å². The third kappa shape index (κ3) is 6.21. The van der Waals surface area contributed by atoms with Crippen molar-refractivity contribution in [1.29, 1.82) is 0 Å². The summed E-state index contributed by atoms with van der Waals surface area (Å²) < 4.78 is 21.1. The Morgan fingerprint density at radius 1 is 0.763 bits per heavy atom. The molecule has 1 aromatic heterocycles. The fraction of sp³-hybridized carbons (Fsp3) is 0.281. The van der Waals surface area contributed by atoms with Crippen LogP contribution in [0.4, 0.5) is 0 Å². The van der Waals surface area contributed by atoms with Crippen LogP contribution in [0.2, 0.25) is 0 Å². The van der Waals surface area contributed by atoms with Crippen molar-refractivity contribution in [2.75, 3.05) is 6.61 Å². The number of ether oxygens (including phenoxy) is 3. The lowest BCUT2D eigenvalue weighted by molar-refractivity contribution is -0.172. The Morgan fingerprint density at radius 3 is 1.84 bits per heavy atom. The van der Waals surface area contributed by atoms with Gasteiger partial charge >= 0.3 is 0 Å². The average Bonchev–Trinajstić information content (AvgIpc) is 3.39. The second kappa shape index (κ2) is 12.7. The van der Waals surface area contributed by atoms with Gasteiger partial charge in [0, 0.05) is 6.20 Å². The highest BCUT2D eigenvalue weighted by molar-refractivity contribution is 5.29. The Balaban J connectivity index is 1.45. The van der Waals surface area contributed by atoms with Crippen LogP contribution in [0.15, 0.2) is 97.2 Å². The molecule has 5 rings (SSSR count). The van der Waals surface area contributed by atoms with Gasteiger partial charge in [-0.15, -0.1) is 0 Å². The molecular formula is C32H32N2O4. The van der Waals surface area contributed by atoms with Crippen LogP contribution in [0.1, 0.15) is 47.3 Å². The van der Waals surface area contributed by atoms with E-state index in [-0.39, 0.29) is 6.04 Å². The molecule has 194 valence electrons. The van der Waals surface area contributed by atoms with E-state index in [2.05, 4.69) is 16.8 Å². The van der Waals surface area contributed by atoms with Crippen LogP contribution >= 0.6 is 0 Å². The van der Waals surface area contributed by atoms with E-state index in [0.29, 0.717) is 37.9 Å². The largest absolute Gasteiger partial charge is 0.382 e. The number of hydrogen-bond donors (Lipinski definition) is 1. The number of fused-ring (bicyclic) bond motifs is 1. The number of nitrogens with zero attached hydrogens (tertiary/aromatic N) is 2. The van der Waals surface area contributed by atoms with Crippen molar-refractivity contribution in [3.63, 3.8) is 0 Å². The monoisotopic (exact) mass is 508 g/mol. The molecule has 0 saturated heterocycles. The van der Waals surface area contributed by atoms with Crippen molar-refractivity contribution in [3.05, 3.63) is 125 Å². The first-order valence-corrected chi connectivity index (χ1v) is 12.8. The van der Waals surface area contributed by atoms with Crippen LogP contribution in [0.3, 0.4) is 0 Å². The molecule has 0 fully saturated rings. The van der Waals surface area contributed by atoms with Crippen molar-refractivity contribution in [2.45, 2.75) is 51.1 Å². The number of aromatic nitrogens is 2. The molecule has 0 spiro atoms. The van der Waals surface area contributed by atoms with Crippen LogP contribution in [0, 0.1) is 11.8 Å². The SMILES string of the molecule is CC#Cc1cn2c(n1)C(O)[C@@H](OCc1ccccc1)[C@H](OCc1ccccc1)C2COCc1ccccc1. The van der Waals surface area contributed by atoms with E-state index in [9.17, 15) is 5.11 Å². The third-order valence-electron chi connectivity index (χ3n) is 6.62. The molecule has 6 nitrogen and oxygen atoms in total. The van der Waals surface area contributed by atoms with E-state index < -0.39 is 18.3 Å². The fourth-order valence-electron chi connectivity index (χ4n) is 4.76. The molecule has 2 heterocycles. The first-order valence-electron chi connectivity index (χ1n) is 12.8. The van der Waals surface area contributed by atoms with Gasteiger partial charge < -0.3 is 23.9 Å². The van der Waals surface area contributed by atoms with Crippen LogP contribution in [0.5, 0.6) is 0 Å². The predicted octanol–water partition coefficient (Wildman–Crippen LogP) is 5.23. The minimum absolute atomic E-state index is 0.276. The summed E-state index contributed by atoms with van der Waals surface area (Å²) in [6, 6.07) is 29.7. The third-order valence-corrected chi connectivity index (χ3v) is 6.62. The Labute approximate surface area is 223 Å². The van der Waals surface area contributed by atoms with Gasteiger partial charge in [0.05, 0.1) is 32.5 Å². The maximum Gasteiger partial charge on any atom is 0.142 e. The van der Waals surface area contributed by atoms with Crippen molar-refractivity contribution in [3.8, 4) is 11.8 Å². The highest BCUT2D eigenvalue weighted by Crippen LogP contribution is 2.37. The van der Waals surface area contributed by atoms with Crippen LogP contribution in [-0.4, -0.2) is 33.5 Å². The number of rotatable bonds is 10. The van der Waals surface area contributed by atoms with Gasteiger partial charge in [0.25, 0.3) is 0 Å². The first-order chi connectivity index (χ1) is 18.7. The maximum atomic E-state index is 11.5. The van der Waals surface area contributed by atoms with E-state index in [1.165, 1.54) is 0 Å². The van der Waals surface area contributed by atoms with Crippen LogP contribution in [-0.2, 0) is 34.0 Å². The summed E-state index contributed by atoms with van der Waals surface area (Å²) in [4.78, 5) is 4.64. The molecule has 0 saturated carbocycles. The molecule has 4 atom stereocenters. The zero-order valence-electron chi connectivity index (χ0n) is 21.4. The second-order valence-corrected chi connectivity index (χ2v) is 9.30. The van der Waals surface area contributed by atoms with Gasteiger partial charge in [0.2, 0.25) is 0 Å². The number of hydrogen-bond acceptors (Lipinski definition) is 5. The normalized spacial score (nSPS) is 20.4. The van der Waals surface area contributed by atoms with Gasteiger partial charge in [0.15, 0.2) is 0 Å². The average molecular weight is 509 g/mol. The Hall–Kier alpha value is -3.73. The van der Waals surface area contributed by atoms with Gasteiger partial charge in [-0.25, -0.2) is 4.98 Å². The lowest BCUT2D eigenvalue weighted by Gasteiger charge is -2.41. The summed E-state index contributed by atoms with van der Waals surface area (Å²) in [7, 11) is 0. The Morgan fingerprint density at radius 2 is 1.29 bits per heavy atom. The summed E-state index contributed by atoms with van der Waals surface area (Å²) in [5.74, 6) is 6.43. The fourth-order valence-corrected chi connectivity index (χ4v) is 4.76. The maximum absolute atomic E-state index is 11.5. The zero-order chi connectivity index (χ0) is 26.2. The van der Waals surface area contributed by atoms with E-state index in [0.717, 1.165) is 16.7 Å². The van der Waals surface area contributed by atoms with E-state index in [4.69, 9.17) is 14.2 Å². The van der Waals surface area contributed by atoms with E-state index in [1.54, 1.807) is 6.92 Å². The van der Waals surface area contributed by atoms with Crippen molar-refractivity contribution in [1.82, 2.24) is 9.55 Å². The predicted molar refractivity (Wildman–Crippen MR) is 145 cm³/mol. The summed E-state index contributed by atoms with van der Waals surface area (Å²) in [6.45, 7) is 3.31. The minimum Gasteiger partial charge on any atom is -0.382 e. The number of aliphatic hydroxyl groups excluding tert-OH is 1. The van der Waals surface area contributed by atoms with Crippen LogP contribution < -0.4 is 0 Å². The van der Waals surface area contributed by atoms with E-state index in [1.807, 2.05) is 102 Å². The number of benzene rings is 3. The molecule has 0 aliphatic carbocycles. The molecular weight excluding hydrogens is 476 g/mol. The summed E-state index contributed by atoms with van der Waals surface area (Å²) in [5, 5.41) is 11.5. The molecule has 38 heavy (non-hydrogen) atoms. The topological polar surface area (TPSA) is 65.7 Å². The molecule has 1 aliphatic rings. The van der Waals surface area contributed by atoms with Gasteiger partial charge in [-0.3, -0.25) is 0 Å².